The van der Waals surface area contributed by atoms with Crippen molar-refractivity contribution >= 4 is 23.0 Å². The molecule has 1 fully saturated rings. The summed E-state index contributed by atoms with van der Waals surface area (Å²) < 4.78 is 0. The summed E-state index contributed by atoms with van der Waals surface area (Å²) in [5.74, 6) is 0.376. The lowest BCUT2D eigenvalue weighted by atomic mass is 9.82. The van der Waals surface area contributed by atoms with E-state index in [0.29, 0.717) is 23.2 Å². The molecule has 0 atom stereocenters. The quantitative estimate of drug-likeness (QED) is 0.674. The number of aliphatic hydroxyl groups is 1. The van der Waals surface area contributed by atoms with E-state index in [4.69, 9.17) is 11.6 Å². The van der Waals surface area contributed by atoms with Crippen LogP contribution in [0.4, 0.5) is 11.4 Å². The number of nitro groups is 1. The summed E-state index contributed by atoms with van der Waals surface area (Å²) in [4.78, 5) is 12.4. The Balaban J connectivity index is 2.18. The number of anilines is 1. The molecule has 0 bridgehead atoms. The number of nitro benzene ring substituents is 1. The number of aliphatic hydroxyl groups excluding tert-OH is 1. The average molecular weight is 271 g/mol. The summed E-state index contributed by atoms with van der Waals surface area (Å²) in [6.07, 6.45) is 1.29. The zero-order valence-corrected chi connectivity index (χ0v) is 10.8. The minimum absolute atomic E-state index is 0.0184. The van der Waals surface area contributed by atoms with Crippen LogP contribution in [0.15, 0.2) is 18.2 Å². The molecule has 0 aliphatic heterocycles. The molecule has 1 saturated carbocycles. The Morgan fingerprint density at radius 1 is 1.56 bits per heavy atom. The molecule has 0 aromatic heterocycles. The van der Waals surface area contributed by atoms with Crippen LogP contribution < -0.4 is 4.90 Å². The van der Waals surface area contributed by atoms with Gasteiger partial charge in [0.1, 0.15) is 5.69 Å². The molecule has 1 N–H and O–H groups in total. The molecule has 0 heterocycles. The summed E-state index contributed by atoms with van der Waals surface area (Å²) in [7, 11) is 1.79. The minimum atomic E-state index is -0.423. The van der Waals surface area contributed by atoms with E-state index >= 15 is 0 Å². The molecule has 98 valence electrons. The number of para-hydroxylation sites is 1. The van der Waals surface area contributed by atoms with E-state index in [9.17, 15) is 15.2 Å². The van der Waals surface area contributed by atoms with Crippen molar-refractivity contribution in [1.29, 1.82) is 0 Å². The minimum Gasteiger partial charge on any atom is -0.393 e. The molecule has 1 aliphatic rings. The van der Waals surface area contributed by atoms with E-state index in [0.717, 1.165) is 12.8 Å². The highest BCUT2D eigenvalue weighted by molar-refractivity contribution is 6.33. The highest BCUT2D eigenvalue weighted by Crippen LogP contribution is 2.37. The smallest absolute Gasteiger partial charge is 0.294 e. The van der Waals surface area contributed by atoms with Gasteiger partial charge >= 0.3 is 0 Å². The summed E-state index contributed by atoms with van der Waals surface area (Å²) in [5.41, 5.74) is 0.468. The van der Waals surface area contributed by atoms with E-state index < -0.39 is 4.92 Å². The second kappa shape index (κ2) is 5.12. The first-order valence-corrected chi connectivity index (χ1v) is 6.19. The molecule has 0 radical (unpaired) electrons. The van der Waals surface area contributed by atoms with Crippen LogP contribution in [0, 0.1) is 16.0 Å². The van der Waals surface area contributed by atoms with Crippen molar-refractivity contribution in [3.63, 3.8) is 0 Å². The van der Waals surface area contributed by atoms with E-state index in [1.165, 1.54) is 6.07 Å². The van der Waals surface area contributed by atoms with Crippen molar-refractivity contribution in [2.45, 2.75) is 18.9 Å². The normalized spacial score (nSPS) is 22.4. The summed E-state index contributed by atoms with van der Waals surface area (Å²) in [5, 5.41) is 20.6. The van der Waals surface area contributed by atoms with Gasteiger partial charge < -0.3 is 10.0 Å². The molecule has 18 heavy (non-hydrogen) atoms. The van der Waals surface area contributed by atoms with Gasteiger partial charge in [-0.15, -0.1) is 0 Å². The van der Waals surface area contributed by atoms with E-state index in [2.05, 4.69) is 0 Å². The van der Waals surface area contributed by atoms with E-state index in [1.807, 2.05) is 0 Å². The molecule has 0 amide bonds. The number of halogens is 1. The van der Waals surface area contributed by atoms with Crippen molar-refractivity contribution < 1.29 is 10.0 Å². The second-order valence-electron chi connectivity index (χ2n) is 4.74. The Kier molecular flexibility index (Phi) is 3.73. The third-order valence-corrected chi connectivity index (χ3v) is 3.59. The molecule has 5 nitrogen and oxygen atoms in total. The average Bonchev–Trinajstić information content (AvgIpc) is 2.26. The molecule has 1 aromatic carbocycles. The lowest BCUT2D eigenvalue weighted by Crippen LogP contribution is -2.37. The zero-order chi connectivity index (χ0) is 13.3. The largest absolute Gasteiger partial charge is 0.393 e. The van der Waals surface area contributed by atoms with Gasteiger partial charge in [-0.05, 0) is 24.8 Å². The third-order valence-electron chi connectivity index (χ3n) is 3.29. The van der Waals surface area contributed by atoms with Crippen LogP contribution >= 0.6 is 11.6 Å². The van der Waals surface area contributed by atoms with E-state index in [1.54, 1.807) is 24.1 Å². The van der Waals surface area contributed by atoms with Gasteiger partial charge in [-0.3, -0.25) is 10.1 Å². The van der Waals surface area contributed by atoms with Crippen LogP contribution in [0.5, 0.6) is 0 Å². The van der Waals surface area contributed by atoms with Crippen LogP contribution in [0.25, 0.3) is 0 Å². The summed E-state index contributed by atoms with van der Waals surface area (Å²) >= 11 is 6.05. The Morgan fingerprint density at radius 2 is 2.22 bits per heavy atom. The van der Waals surface area contributed by atoms with Crippen LogP contribution in [-0.4, -0.2) is 29.7 Å². The van der Waals surface area contributed by atoms with Crippen molar-refractivity contribution in [3.8, 4) is 0 Å². The first kappa shape index (κ1) is 13.1. The molecule has 0 spiro atoms. The second-order valence-corrected chi connectivity index (χ2v) is 5.14. The van der Waals surface area contributed by atoms with Gasteiger partial charge in [-0.25, -0.2) is 0 Å². The van der Waals surface area contributed by atoms with Gasteiger partial charge in [-0.2, -0.15) is 0 Å². The predicted molar refractivity (Wildman–Crippen MR) is 70.1 cm³/mol. The maximum absolute atomic E-state index is 11.0. The number of hydrogen-bond acceptors (Lipinski definition) is 4. The van der Waals surface area contributed by atoms with Crippen LogP contribution in [-0.2, 0) is 0 Å². The predicted octanol–water partition coefficient (Wildman–Crippen LogP) is 2.46. The van der Waals surface area contributed by atoms with Crippen molar-refractivity contribution in [3.05, 3.63) is 33.3 Å². The van der Waals surface area contributed by atoms with Crippen LogP contribution in [0.3, 0.4) is 0 Å². The van der Waals surface area contributed by atoms with Crippen molar-refractivity contribution in [1.82, 2.24) is 0 Å². The highest BCUT2D eigenvalue weighted by atomic mass is 35.5. The fraction of sp³-hybridized carbons (Fsp3) is 0.500. The topological polar surface area (TPSA) is 66.6 Å². The molecule has 2 rings (SSSR count). The number of hydrogen-bond donors (Lipinski definition) is 1. The first-order chi connectivity index (χ1) is 8.49. The summed E-state index contributed by atoms with van der Waals surface area (Å²) in [6.45, 7) is 0.668. The van der Waals surface area contributed by atoms with Gasteiger partial charge in [0.05, 0.1) is 16.0 Å². The fourth-order valence-corrected chi connectivity index (χ4v) is 2.67. The molecular formula is C12H15ClN2O3. The Morgan fingerprint density at radius 3 is 2.78 bits per heavy atom. The molecule has 1 aliphatic carbocycles. The molecule has 6 heteroatoms. The van der Waals surface area contributed by atoms with Crippen LogP contribution in [0.1, 0.15) is 12.8 Å². The first-order valence-electron chi connectivity index (χ1n) is 5.81. The lowest BCUT2D eigenvalue weighted by molar-refractivity contribution is -0.384. The Bertz CT molecular complexity index is 461. The monoisotopic (exact) mass is 270 g/mol. The van der Waals surface area contributed by atoms with Gasteiger partial charge in [0.2, 0.25) is 0 Å². The zero-order valence-electron chi connectivity index (χ0n) is 10.0. The van der Waals surface area contributed by atoms with Crippen molar-refractivity contribution in [2.75, 3.05) is 18.5 Å². The number of nitrogens with zero attached hydrogens (tertiary/aromatic N) is 2. The molecule has 1 aromatic rings. The maximum atomic E-state index is 11.0. The Hall–Kier alpha value is -1.33. The highest BCUT2D eigenvalue weighted by Gasteiger charge is 2.30. The lowest BCUT2D eigenvalue weighted by Gasteiger charge is -2.35. The number of rotatable bonds is 4. The van der Waals surface area contributed by atoms with Gasteiger partial charge in [-0.1, -0.05) is 17.7 Å². The third kappa shape index (κ3) is 2.57. The standard InChI is InChI=1S/C12H15ClN2O3/c1-14(7-8-5-9(16)6-8)12-10(13)3-2-4-11(12)15(17)18/h2-4,8-9,16H,5-7H2,1H3. The van der Waals surface area contributed by atoms with E-state index in [-0.39, 0.29) is 11.8 Å². The van der Waals surface area contributed by atoms with Crippen molar-refractivity contribution in [2.24, 2.45) is 5.92 Å². The fourth-order valence-electron chi connectivity index (χ4n) is 2.36. The van der Waals surface area contributed by atoms with Gasteiger partial charge in [0.25, 0.3) is 5.69 Å². The number of benzene rings is 1. The maximum Gasteiger partial charge on any atom is 0.294 e. The molecular weight excluding hydrogens is 256 g/mol. The SMILES string of the molecule is CN(CC1CC(O)C1)c1c(Cl)cccc1[N+](=O)[O-]. The van der Waals surface area contributed by atoms with Gasteiger partial charge in [0, 0.05) is 19.7 Å². The summed E-state index contributed by atoms with van der Waals surface area (Å²) in [6, 6.07) is 4.67. The Labute approximate surface area is 110 Å². The van der Waals surface area contributed by atoms with Crippen LogP contribution in [0.2, 0.25) is 5.02 Å². The molecule has 0 unspecified atom stereocenters. The van der Waals surface area contributed by atoms with Gasteiger partial charge in [0.15, 0.2) is 0 Å². The molecule has 0 saturated heterocycles.